The van der Waals surface area contributed by atoms with E-state index >= 15 is 0 Å². The van der Waals surface area contributed by atoms with Crippen molar-refractivity contribution in [2.75, 3.05) is 19.6 Å². The van der Waals surface area contributed by atoms with E-state index in [-0.39, 0.29) is 17.7 Å². The predicted molar refractivity (Wildman–Crippen MR) is 92.3 cm³/mol. The molecule has 1 aliphatic carbocycles. The summed E-state index contributed by atoms with van der Waals surface area (Å²) in [7, 11) is 0. The molecular formula is C20H26N2O2. The Morgan fingerprint density at radius 3 is 2.58 bits per heavy atom. The SMILES string of the molecule is CC1CCCN(C(=O)C2c3ccccc3CCN2C(=O)C2CC2)C1. The van der Waals surface area contributed by atoms with E-state index < -0.39 is 6.04 Å². The molecule has 4 nitrogen and oxygen atoms in total. The van der Waals surface area contributed by atoms with E-state index in [1.165, 1.54) is 12.0 Å². The fourth-order valence-corrected chi connectivity index (χ4v) is 4.20. The van der Waals surface area contributed by atoms with Gasteiger partial charge in [-0.05, 0) is 49.1 Å². The van der Waals surface area contributed by atoms with Gasteiger partial charge < -0.3 is 9.80 Å². The largest absolute Gasteiger partial charge is 0.340 e. The molecule has 1 aromatic rings. The zero-order valence-corrected chi connectivity index (χ0v) is 14.4. The summed E-state index contributed by atoms with van der Waals surface area (Å²) >= 11 is 0. The van der Waals surface area contributed by atoms with Gasteiger partial charge in [-0.25, -0.2) is 0 Å². The molecule has 2 unspecified atom stereocenters. The highest BCUT2D eigenvalue weighted by molar-refractivity contribution is 5.91. The van der Waals surface area contributed by atoms with Crippen molar-refractivity contribution in [3.8, 4) is 0 Å². The van der Waals surface area contributed by atoms with Crippen molar-refractivity contribution in [2.24, 2.45) is 11.8 Å². The maximum Gasteiger partial charge on any atom is 0.250 e. The fourth-order valence-electron chi connectivity index (χ4n) is 4.20. The second kappa shape index (κ2) is 6.23. The van der Waals surface area contributed by atoms with Crippen LogP contribution in [0, 0.1) is 11.8 Å². The molecule has 0 aromatic heterocycles. The predicted octanol–water partition coefficient (Wildman–Crippen LogP) is 2.78. The van der Waals surface area contributed by atoms with Gasteiger partial charge in [0.25, 0.3) is 0 Å². The van der Waals surface area contributed by atoms with Crippen LogP contribution in [0.5, 0.6) is 0 Å². The van der Waals surface area contributed by atoms with Crippen LogP contribution in [0.2, 0.25) is 0 Å². The zero-order chi connectivity index (χ0) is 16.7. The second-order valence-electron chi connectivity index (χ2n) is 7.69. The van der Waals surface area contributed by atoms with Crippen LogP contribution >= 0.6 is 0 Å². The van der Waals surface area contributed by atoms with Gasteiger partial charge in [-0.2, -0.15) is 0 Å². The molecule has 2 aliphatic heterocycles. The van der Waals surface area contributed by atoms with Crippen molar-refractivity contribution in [3.05, 3.63) is 35.4 Å². The van der Waals surface area contributed by atoms with Gasteiger partial charge in [-0.15, -0.1) is 0 Å². The number of hydrogen-bond donors (Lipinski definition) is 0. The fraction of sp³-hybridized carbons (Fsp3) is 0.600. The number of fused-ring (bicyclic) bond motifs is 1. The Morgan fingerprint density at radius 2 is 1.83 bits per heavy atom. The van der Waals surface area contributed by atoms with Crippen molar-refractivity contribution >= 4 is 11.8 Å². The molecule has 1 saturated carbocycles. The molecule has 2 amide bonds. The molecular weight excluding hydrogens is 300 g/mol. The van der Waals surface area contributed by atoms with Crippen LogP contribution in [0.15, 0.2) is 24.3 Å². The van der Waals surface area contributed by atoms with E-state index in [2.05, 4.69) is 13.0 Å². The lowest BCUT2D eigenvalue weighted by molar-refractivity contribution is -0.148. The van der Waals surface area contributed by atoms with Gasteiger partial charge in [0.2, 0.25) is 11.8 Å². The number of amides is 2. The zero-order valence-electron chi connectivity index (χ0n) is 14.4. The van der Waals surface area contributed by atoms with Crippen LogP contribution in [0.1, 0.15) is 49.8 Å². The van der Waals surface area contributed by atoms with E-state index in [0.29, 0.717) is 12.5 Å². The molecule has 24 heavy (non-hydrogen) atoms. The van der Waals surface area contributed by atoms with Crippen LogP contribution in [0.4, 0.5) is 0 Å². The molecule has 4 heteroatoms. The van der Waals surface area contributed by atoms with Gasteiger partial charge in [-0.1, -0.05) is 31.2 Å². The topological polar surface area (TPSA) is 40.6 Å². The minimum absolute atomic E-state index is 0.128. The Bertz CT molecular complexity index is 653. The third kappa shape index (κ3) is 2.83. The average molecular weight is 326 g/mol. The Hall–Kier alpha value is -1.84. The molecule has 0 bridgehead atoms. The quantitative estimate of drug-likeness (QED) is 0.838. The summed E-state index contributed by atoms with van der Waals surface area (Å²) in [6.45, 7) is 4.53. The highest BCUT2D eigenvalue weighted by Gasteiger charge is 2.43. The summed E-state index contributed by atoms with van der Waals surface area (Å²) in [4.78, 5) is 30.0. The first-order chi connectivity index (χ1) is 11.6. The van der Waals surface area contributed by atoms with Crippen LogP contribution in [-0.4, -0.2) is 41.2 Å². The number of nitrogens with zero attached hydrogens (tertiary/aromatic N) is 2. The highest BCUT2D eigenvalue weighted by Crippen LogP contribution is 2.38. The molecule has 2 atom stereocenters. The summed E-state index contributed by atoms with van der Waals surface area (Å²) in [5.41, 5.74) is 2.27. The normalized spacial score (nSPS) is 26.9. The van der Waals surface area contributed by atoms with E-state index in [9.17, 15) is 9.59 Å². The van der Waals surface area contributed by atoms with Crippen LogP contribution in [-0.2, 0) is 16.0 Å². The maximum atomic E-state index is 13.4. The van der Waals surface area contributed by atoms with Gasteiger partial charge in [0.05, 0.1) is 0 Å². The molecule has 1 aromatic carbocycles. The van der Waals surface area contributed by atoms with Crippen molar-refractivity contribution in [2.45, 2.75) is 45.1 Å². The van der Waals surface area contributed by atoms with E-state index in [1.807, 2.05) is 28.0 Å². The Balaban J connectivity index is 1.66. The molecule has 2 fully saturated rings. The number of likely N-dealkylation sites (tertiary alicyclic amines) is 1. The first-order valence-corrected chi connectivity index (χ1v) is 9.32. The monoisotopic (exact) mass is 326 g/mol. The van der Waals surface area contributed by atoms with Gasteiger partial charge in [0, 0.05) is 25.6 Å². The number of carbonyl (C=O) groups excluding carboxylic acids is 2. The van der Waals surface area contributed by atoms with Crippen LogP contribution < -0.4 is 0 Å². The number of carbonyl (C=O) groups is 2. The van der Waals surface area contributed by atoms with E-state index in [0.717, 1.165) is 44.3 Å². The molecule has 2 heterocycles. The van der Waals surface area contributed by atoms with Gasteiger partial charge in [0.15, 0.2) is 0 Å². The standard InChI is InChI=1S/C20H26N2O2/c1-14-5-4-11-21(13-14)20(24)18-17-7-3-2-6-15(17)10-12-22(18)19(23)16-8-9-16/h2-3,6-7,14,16,18H,4-5,8-13H2,1H3. The van der Waals surface area contributed by atoms with Crippen molar-refractivity contribution in [1.82, 2.24) is 9.80 Å². The molecule has 3 aliphatic rings. The lowest BCUT2D eigenvalue weighted by atomic mass is 9.90. The van der Waals surface area contributed by atoms with Gasteiger partial charge >= 0.3 is 0 Å². The van der Waals surface area contributed by atoms with Crippen molar-refractivity contribution in [1.29, 1.82) is 0 Å². The van der Waals surface area contributed by atoms with Crippen LogP contribution in [0.25, 0.3) is 0 Å². The van der Waals surface area contributed by atoms with E-state index in [4.69, 9.17) is 0 Å². The van der Waals surface area contributed by atoms with Gasteiger partial charge in [-0.3, -0.25) is 9.59 Å². The average Bonchev–Trinajstić information content (AvgIpc) is 3.44. The Labute approximate surface area is 143 Å². The molecule has 0 radical (unpaired) electrons. The minimum atomic E-state index is -0.409. The van der Waals surface area contributed by atoms with Crippen molar-refractivity contribution in [3.63, 3.8) is 0 Å². The highest BCUT2D eigenvalue weighted by atomic mass is 16.2. The lowest BCUT2D eigenvalue weighted by Gasteiger charge is -2.41. The first-order valence-electron chi connectivity index (χ1n) is 9.32. The third-order valence-corrected chi connectivity index (χ3v) is 5.70. The van der Waals surface area contributed by atoms with Gasteiger partial charge in [0.1, 0.15) is 6.04 Å². The number of piperidine rings is 1. The molecule has 4 rings (SSSR count). The maximum absolute atomic E-state index is 13.4. The molecule has 0 N–H and O–H groups in total. The summed E-state index contributed by atoms with van der Waals surface area (Å²) < 4.78 is 0. The Kier molecular flexibility index (Phi) is 4.07. The lowest BCUT2D eigenvalue weighted by Crippen LogP contribution is -2.50. The van der Waals surface area contributed by atoms with Crippen molar-refractivity contribution < 1.29 is 9.59 Å². The third-order valence-electron chi connectivity index (χ3n) is 5.70. The van der Waals surface area contributed by atoms with Crippen LogP contribution in [0.3, 0.4) is 0 Å². The second-order valence-corrected chi connectivity index (χ2v) is 7.69. The molecule has 1 saturated heterocycles. The number of benzene rings is 1. The molecule has 128 valence electrons. The smallest absolute Gasteiger partial charge is 0.250 e. The summed E-state index contributed by atoms with van der Waals surface area (Å²) in [6.07, 6.45) is 5.08. The summed E-state index contributed by atoms with van der Waals surface area (Å²) in [5.74, 6) is 1.02. The Morgan fingerprint density at radius 1 is 1.04 bits per heavy atom. The summed E-state index contributed by atoms with van der Waals surface area (Å²) in [5, 5.41) is 0. The summed E-state index contributed by atoms with van der Waals surface area (Å²) in [6, 6.07) is 7.75. The number of rotatable bonds is 2. The first kappa shape index (κ1) is 15.7. The number of hydrogen-bond acceptors (Lipinski definition) is 2. The molecule has 0 spiro atoms. The minimum Gasteiger partial charge on any atom is -0.340 e. The van der Waals surface area contributed by atoms with E-state index in [1.54, 1.807) is 0 Å².